The number of rotatable bonds is 1. The number of carbonyl (C=O) groups is 1. The molecular weight excluding hydrogens is 204 g/mol. The van der Waals surface area contributed by atoms with Crippen molar-refractivity contribution in [3.63, 3.8) is 0 Å². The van der Waals surface area contributed by atoms with Gasteiger partial charge in [-0.05, 0) is 19.8 Å². The molecule has 1 aliphatic heterocycles. The molecule has 0 saturated heterocycles. The molecule has 5 heteroatoms. The Kier molecular flexibility index (Phi) is 3.16. The van der Waals surface area contributed by atoms with Gasteiger partial charge in [-0.15, -0.1) is 12.4 Å². The fourth-order valence-electron chi connectivity index (χ4n) is 1.92. The molecule has 1 aliphatic rings. The fourth-order valence-corrected chi connectivity index (χ4v) is 1.92. The molecule has 1 unspecified atom stereocenters. The topological polar surface area (TPSA) is 55.1 Å². The summed E-state index contributed by atoms with van der Waals surface area (Å²) in [5.41, 5.74) is 0.321. The van der Waals surface area contributed by atoms with E-state index >= 15 is 0 Å². The molecule has 1 aromatic rings. The number of hydrogen-bond acceptors (Lipinski definition) is 2. The number of carboxylic acids is 1. The molecule has 1 aromatic heterocycles. The molecule has 78 valence electrons. The molecule has 0 radical (unpaired) electrons. The van der Waals surface area contributed by atoms with Crippen LogP contribution in [0.1, 0.15) is 42.1 Å². The lowest BCUT2D eigenvalue weighted by Gasteiger charge is -2.22. The molecule has 1 atom stereocenters. The highest BCUT2D eigenvalue weighted by Crippen LogP contribution is 2.25. The lowest BCUT2D eigenvalue weighted by atomic mass is 10.1. The SMILES string of the molecule is CC1CCCc2ncc(C(=O)O)n21.Cl. The number of halogens is 1. The Morgan fingerprint density at radius 3 is 3.07 bits per heavy atom. The quantitative estimate of drug-likeness (QED) is 0.780. The van der Waals surface area contributed by atoms with Gasteiger partial charge < -0.3 is 9.67 Å². The molecular formula is C9H13ClN2O2. The van der Waals surface area contributed by atoms with E-state index in [1.165, 1.54) is 6.20 Å². The van der Waals surface area contributed by atoms with Crippen LogP contribution in [0.25, 0.3) is 0 Å². The van der Waals surface area contributed by atoms with Gasteiger partial charge in [-0.1, -0.05) is 0 Å². The third-order valence-corrected chi connectivity index (χ3v) is 2.56. The molecule has 2 heterocycles. The molecule has 0 bridgehead atoms. The van der Waals surface area contributed by atoms with Crippen LogP contribution in [-0.2, 0) is 6.42 Å². The van der Waals surface area contributed by atoms with Gasteiger partial charge in [0.1, 0.15) is 11.5 Å². The number of fused-ring (bicyclic) bond motifs is 1. The van der Waals surface area contributed by atoms with Crippen molar-refractivity contribution < 1.29 is 9.90 Å². The zero-order valence-electron chi connectivity index (χ0n) is 7.93. The summed E-state index contributed by atoms with van der Waals surface area (Å²) in [6.45, 7) is 2.04. The van der Waals surface area contributed by atoms with Crippen molar-refractivity contribution in [1.29, 1.82) is 0 Å². The van der Waals surface area contributed by atoms with Crippen LogP contribution in [0.3, 0.4) is 0 Å². The summed E-state index contributed by atoms with van der Waals surface area (Å²) in [6, 6.07) is 0.275. The summed E-state index contributed by atoms with van der Waals surface area (Å²) in [5, 5.41) is 8.89. The normalized spacial score (nSPS) is 19.6. The van der Waals surface area contributed by atoms with Crippen molar-refractivity contribution in [3.05, 3.63) is 17.7 Å². The van der Waals surface area contributed by atoms with Gasteiger partial charge in [0, 0.05) is 12.5 Å². The second-order valence-corrected chi connectivity index (χ2v) is 3.48. The fraction of sp³-hybridized carbons (Fsp3) is 0.556. The number of aromatic nitrogens is 2. The lowest BCUT2D eigenvalue weighted by Crippen LogP contribution is -2.19. The number of imidazole rings is 1. The molecule has 2 rings (SSSR count). The molecule has 14 heavy (non-hydrogen) atoms. The van der Waals surface area contributed by atoms with Gasteiger partial charge in [0.2, 0.25) is 0 Å². The van der Waals surface area contributed by atoms with Crippen LogP contribution in [-0.4, -0.2) is 20.6 Å². The summed E-state index contributed by atoms with van der Waals surface area (Å²) in [6.07, 6.45) is 4.51. The molecule has 0 spiro atoms. The number of hydrogen-bond donors (Lipinski definition) is 1. The predicted molar refractivity (Wildman–Crippen MR) is 54.1 cm³/mol. The van der Waals surface area contributed by atoms with Crippen molar-refractivity contribution in [2.75, 3.05) is 0 Å². The van der Waals surface area contributed by atoms with Crippen molar-refractivity contribution in [2.24, 2.45) is 0 Å². The van der Waals surface area contributed by atoms with E-state index in [1.807, 2.05) is 11.5 Å². The number of carboxylic acid groups (broad SMARTS) is 1. The van der Waals surface area contributed by atoms with Crippen LogP contribution in [0.15, 0.2) is 6.20 Å². The highest BCUT2D eigenvalue weighted by molar-refractivity contribution is 5.85. The van der Waals surface area contributed by atoms with Gasteiger partial charge in [-0.3, -0.25) is 0 Å². The monoisotopic (exact) mass is 216 g/mol. The van der Waals surface area contributed by atoms with Gasteiger partial charge in [0.05, 0.1) is 6.20 Å². The maximum atomic E-state index is 10.8. The molecule has 0 fully saturated rings. The van der Waals surface area contributed by atoms with Crippen molar-refractivity contribution in [1.82, 2.24) is 9.55 Å². The standard InChI is InChI=1S/C9H12N2O2.ClH/c1-6-3-2-4-8-10-5-7(9(12)13)11(6)8;/h5-6H,2-4H2,1H3,(H,12,13);1H. The minimum absolute atomic E-state index is 0. The predicted octanol–water partition coefficient (Wildman–Crippen LogP) is 1.90. The van der Waals surface area contributed by atoms with E-state index in [2.05, 4.69) is 4.98 Å². The van der Waals surface area contributed by atoms with Crippen LogP contribution in [0.4, 0.5) is 0 Å². The van der Waals surface area contributed by atoms with Gasteiger partial charge in [0.15, 0.2) is 0 Å². The van der Waals surface area contributed by atoms with Gasteiger partial charge in [-0.2, -0.15) is 0 Å². The van der Waals surface area contributed by atoms with E-state index in [1.54, 1.807) is 0 Å². The van der Waals surface area contributed by atoms with E-state index in [4.69, 9.17) is 5.11 Å². The van der Waals surface area contributed by atoms with E-state index < -0.39 is 5.97 Å². The van der Waals surface area contributed by atoms with E-state index in [0.717, 1.165) is 25.1 Å². The molecule has 1 N–H and O–H groups in total. The Morgan fingerprint density at radius 1 is 1.71 bits per heavy atom. The average molecular weight is 217 g/mol. The maximum absolute atomic E-state index is 10.8. The molecule has 0 aliphatic carbocycles. The van der Waals surface area contributed by atoms with Crippen LogP contribution < -0.4 is 0 Å². The lowest BCUT2D eigenvalue weighted by molar-refractivity contribution is 0.0681. The van der Waals surface area contributed by atoms with Gasteiger partial charge >= 0.3 is 5.97 Å². The molecule has 0 saturated carbocycles. The Balaban J connectivity index is 0.000000980. The highest BCUT2D eigenvalue weighted by atomic mass is 35.5. The Bertz CT molecular complexity index is 349. The first-order valence-corrected chi connectivity index (χ1v) is 4.49. The number of aromatic carboxylic acids is 1. The van der Waals surface area contributed by atoms with Gasteiger partial charge in [0.25, 0.3) is 0 Å². The first-order valence-electron chi connectivity index (χ1n) is 4.49. The van der Waals surface area contributed by atoms with Gasteiger partial charge in [-0.25, -0.2) is 9.78 Å². The third kappa shape index (κ3) is 1.62. The molecule has 0 amide bonds. The van der Waals surface area contributed by atoms with E-state index in [-0.39, 0.29) is 18.4 Å². The largest absolute Gasteiger partial charge is 0.477 e. The Hall–Kier alpha value is -1.03. The summed E-state index contributed by atoms with van der Waals surface area (Å²) < 4.78 is 1.84. The maximum Gasteiger partial charge on any atom is 0.354 e. The second-order valence-electron chi connectivity index (χ2n) is 3.48. The molecule has 4 nitrogen and oxygen atoms in total. The smallest absolute Gasteiger partial charge is 0.354 e. The summed E-state index contributed by atoms with van der Waals surface area (Å²) in [4.78, 5) is 14.9. The van der Waals surface area contributed by atoms with Crippen LogP contribution in [0, 0.1) is 0 Å². The zero-order chi connectivity index (χ0) is 9.42. The zero-order valence-corrected chi connectivity index (χ0v) is 8.75. The Morgan fingerprint density at radius 2 is 2.43 bits per heavy atom. The van der Waals surface area contributed by atoms with Crippen molar-refractivity contribution >= 4 is 18.4 Å². The Labute approximate surface area is 88.4 Å². The number of aryl methyl sites for hydroxylation is 1. The third-order valence-electron chi connectivity index (χ3n) is 2.56. The summed E-state index contributed by atoms with van der Waals surface area (Å²) >= 11 is 0. The highest BCUT2D eigenvalue weighted by Gasteiger charge is 2.22. The van der Waals surface area contributed by atoms with Crippen LogP contribution >= 0.6 is 12.4 Å². The molecule has 0 aromatic carbocycles. The summed E-state index contributed by atoms with van der Waals surface area (Å²) in [5.74, 6) is 0.0312. The number of nitrogens with zero attached hydrogens (tertiary/aromatic N) is 2. The van der Waals surface area contributed by atoms with Crippen LogP contribution in [0.5, 0.6) is 0 Å². The van der Waals surface area contributed by atoms with E-state index in [9.17, 15) is 4.79 Å². The van der Waals surface area contributed by atoms with E-state index in [0.29, 0.717) is 5.69 Å². The average Bonchev–Trinajstić information content (AvgIpc) is 2.49. The van der Waals surface area contributed by atoms with Crippen molar-refractivity contribution in [2.45, 2.75) is 32.2 Å². The first-order chi connectivity index (χ1) is 6.20. The second kappa shape index (κ2) is 4.00. The summed E-state index contributed by atoms with van der Waals surface area (Å²) in [7, 11) is 0. The first kappa shape index (κ1) is 11.0. The minimum atomic E-state index is -0.882. The van der Waals surface area contributed by atoms with Crippen molar-refractivity contribution in [3.8, 4) is 0 Å². The van der Waals surface area contributed by atoms with Crippen LogP contribution in [0.2, 0.25) is 0 Å². The minimum Gasteiger partial charge on any atom is -0.477 e.